The summed E-state index contributed by atoms with van der Waals surface area (Å²) >= 11 is 0. The highest BCUT2D eigenvalue weighted by Crippen LogP contribution is 2.37. The SMILES string of the molecule is Nc1ncnc2c1c(-c1ccc(Oc3ccccc3)cc1)nn2C1CCCN(C2CCN(C(=O)N3CCC(CN4CCN(c5ccc6c(c5)CN(C5CCC(=O)NC5=O)C6=O)CC4)CC3)CC2)C1. The van der Waals surface area contributed by atoms with E-state index in [1.165, 1.54) is 6.33 Å². The second-order valence-corrected chi connectivity index (χ2v) is 19.4. The van der Waals surface area contributed by atoms with Gasteiger partial charge >= 0.3 is 6.03 Å². The highest BCUT2D eigenvalue weighted by Gasteiger charge is 2.40. The van der Waals surface area contributed by atoms with Gasteiger partial charge in [-0.2, -0.15) is 5.10 Å². The van der Waals surface area contributed by atoms with Gasteiger partial charge in [0.05, 0.1) is 11.4 Å². The zero-order valence-corrected chi connectivity index (χ0v) is 38.5. The standard InChI is InChI=1S/C51H60N12O5/c52-47-45-46(35-8-11-41(12-9-35)68-40-6-2-1-3-7-40)56-63(48(45)54-33-53-47)39-5-4-20-61(32-39)37-18-23-60(24-19-37)51(67)59-21-16-34(17-22-59)30-57-25-27-58(28-26-57)38-10-13-42-36(29-38)31-62(50(42)66)43-14-15-44(64)55-49(43)65/h1-3,6-13,29,33-34,37,39,43H,4-5,14-28,30-32H2,(H2,52,53,54)(H,55,64,65). The van der Waals surface area contributed by atoms with Crippen molar-refractivity contribution in [3.8, 4) is 22.8 Å². The minimum atomic E-state index is -0.606. The fourth-order valence-electron chi connectivity index (χ4n) is 11.5. The number of imide groups is 1. The van der Waals surface area contributed by atoms with E-state index < -0.39 is 6.04 Å². The second-order valence-electron chi connectivity index (χ2n) is 19.4. The molecule has 0 bridgehead atoms. The minimum absolute atomic E-state index is 0.138. The molecule has 0 spiro atoms. The van der Waals surface area contributed by atoms with Gasteiger partial charge in [-0.05, 0) is 118 Å². The molecule has 2 unspecified atom stereocenters. The smallest absolute Gasteiger partial charge is 0.319 e. The Kier molecular flexibility index (Phi) is 12.2. The lowest BCUT2D eigenvalue weighted by Crippen LogP contribution is -2.54. The van der Waals surface area contributed by atoms with Gasteiger partial charge in [0, 0.05) is 101 Å². The van der Waals surface area contributed by atoms with Crippen molar-refractivity contribution < 1.29 is 23.9 Å². The third-order valence-electron chi connectivity index (χ3n) is 15.3. The predicted octanol–water partition coefficient (Wildman–Crippen LogP) is 5.38. The maximum absolute atomic E-state index is 13.9. The lowest BCUT2D eigenvalue weighted by Gasteiger charge is -2.44. The van der Waals surface area contributed by atoms with E-state index in [1.807, 2.05) is 66.7 Å². The molecular weight excluding hydrogens is 861 g/mol. The second kappa shape index (κ2) is 18.8. The molecule has 3 N–H and O–H groups in total. The van der Waals surface area contributed by atoms with Crippen LogP contribution in [-0.4, -0.2) is 152 Å². The Morgan fingerprint density at radius 1 is 0.765 bits per heavy atom. The Hall–Kier alpha value is -6.59. The zero-order chi connectivity index (χ0) is 46.3. The van der Waals surface area contributed by atoms with Crippen molar-refractivity contribution in [2.24, 2.45) is 5.92 Å². The molecule has 2 atom stereocenters. The molecule has 5 saturated heterocycles. The first-order valence-corrected chi connectivity index (χ1v) is 24.6. The topological polar surface area (TPSA) is 179 Å². The summed E-state index contributed by atoms with van der Waals surface area (Å²) in [4.78, 5) is 73.6. The third-order valence-corrected chi connectivity index (χ3v) is 15.3. The number of hydrogen-bond acceptors (Lipinski definition) is 12. The summed E-state index contributed by atoms with van der Waals surface area (Å²) in [6.07, 6.45) is 8.17. The van der Waals surface area contributed by atoms with Gasteiger partial charge in [0.2, 0.25) is 11.8 Å². The van der Waals surface area contributed by atoms with Gasteiger partial charge in [-0.25, -0.2) is 19.4 Å². The van der Waals surface area contributed by atoms with E-state index in [0.717, 1.165) is 156 Å². The molecule has 68 heavy (non-hydrogen) atoms. The van der Waals surface area contributed by atoms with Crippen molar-refractivity contribution >= 4 is 46.3 Å². The molecule has 6 aliphatic heterocycles. The van der Waals surface area contributed by atoms with Gasteiger partial charge in [0.15, 0.2) is 5.65 Å². The van der Waals surface area contributed by atoms with Crippen LogP contribution in [0.5, 0.6) is 11.5 Å². The molecule has 17 nitrogen and oxygen atoms in total. The Balaban J connectivity index is 0.636. The number of hydrogen-bond donors (Lipinski definition) is 2. The quantitative estimate of drug-likeness (QED) is 0.181. The van der Waals surface area contributed by atoms with Crippen molar-refractivity contribution in [2.75, 3.05) is 82.6 Å². The molecule has 3 aromatic carbocycles. The van der Waals surface area contributed by atoms with Crippen LogP contribution in [0.3, 0.4) is 0 Å². The van der Waals surface area contributed by atoms with E-state index in [4.69, 9.17) is 20.6 Å². The number of nitrogens with one attached hydrogen (secondary N) is 1. The van der Waals surface area contributed by atoms with Crippen molar-refractivity contribution in [1.29, 1.82) is 0 Å². The number of nitrogens with two attached hydrogens (primary N) is 1. The lowest BCUT2D eigenvalue weighted by molar-refractivity contribution is -0.136. The van der Waals surface area contributed by atoms with Crippen LogP contribution in [0, 0.1) is 5.92 Å². The van der Waals surface area contributed by atoms with E-state index >= 15 is 0 Å². The lowest BCUT2D eigenvalue weighted by atomic mass is 9.95. The van der Waals surface area contributed by atoms with E-state index in [2.05, 4.69) is 45.5 Å². The minimum Gasteiger partial charge on any atom is -0.457 e. The molecular formula is C51H60N12O5. The molecule has 0 radical (unpaired) electrons. The summed E-state index contributed by atoms with van der Waals surface area (Å²) < 4.78 is 8.12. The monoisotopic (exact) mass is 920 g/mol. The highest BCUT2D eigenvalue weighted by molar-refractivity contribution is 6.05. The predicted molar refractivity (Wildman–Crippen MR) is 257 cm³/mol. The summed E-state index contributed by atoms with van der Waals surface area (Å²) in [5.41, 5.74) is 11.6. The maximum atomic E-state index is 13.9. The van der Waals surface area contributed by atoms with Gasteiger partial charge < -0.3 is 30.1 Å². The molecule has 2 aromatic heterocycles. The molecule has 0 saturated carbocycles. The first-order valence-electron chi connectivity index (χ1n) is 24.6. The van der Waals surface area contributed by atoms with Crippen molar-refractivity contribution in [3.63, 3.8) is 0 Å². The van der Waals surface area contributed by atoms with Crippen LogP contribution in [-0.2, 0) is 16.1 Å². The average Bonchev–Trinajstić information content (AvgIpc) is 3.93. The number of aromatic nitrogens is 4. The number of piperazine rings is 1. The first kappa shape index (κ1) is 43.9. The van der Waals surface area contributed by atoms with Crippen LogP contribution in [0.2, 0.25) is 0 Å². The van der Waals surface area contributed by atoms with Gasteiger partial charge in [-0.1, -0.05) is 18.2 Å². The number of urea groups is 1. The normalized spacial score (nSPS) is 22.5. The molecule has 17 heteroatoms. The van der Waals surface area contributed by atoms with Gasteiger partial charge in [0.1, 0.15) is 35.4 Å². The molecule has 11 rings (SSSR count). The van der Waals surface area contributed by atoms with Crippen LogP contribution >= 0.6 is 0 Å². The number of amides is 5. The van der Waals surface area contributed by atoms with Gasteiger partial charge in [-0.15, -0.1) is 0 Å². The van der Waals surface area contributed by atoms with Crippen LogP contribution in [0.1, 0.15) is 73.3 Å². The summed E-state index contributed by atoms with van der Waals surface area (Å²) in [6, 6.07) is 23.8. The molecule has 0 aliphatic carbocycles. The Morgan fingerprint density at radius 2 is 1.50 bits per heavy atom. The number of piperidine rings is 4. The van der Waals surface area contributed by atoms with E-state index in [0.29, 0.717) is 36.3 Å². The summed E-state index contributed by atoms with van der Waals surface area (Å²) in [7, 11) is 0. The number of fused-ring (bicyclic) bond motifs is 2. The average molecular weight is 921 g/mol. The van der Waals surface area contributed by atoms with Crippen LogP contribution < -0.4 is 20.7 Å². The number of para-hydroxylation sites is 1. The third kappa shape index (κ3) is 8.84. The van der Waals surface area contributed by atoms with Crippen LogP contribution in [0.15, 0.2) is 79.1 Å². The molecule has 5 aromatic rings. The highest BCUT2D eigenvalue weighted by atomic mass is 16.5. The fraction of sp³-hybridized carbons (Fsp3) is 0.471. The zero-order valence-electron chi connectivity index (χ0n) is 38.5. The molecule has 5 amide bonds. The van der Waals surface area contributed by atoms with Crippen molar-refractivity contribution in [3.05, 3.63) is 90.3 Å². The largest absolute Gasteiger partial charge is 0.457 e. The van der Waals surface area contributed by atoms with Crippen LogP contribution in [0.4, 0.5) is 16.3 Å². The Labute approximate surface area is 396 Å². The summed E-state index contributed by atoms with van der Waals surface area (Å²) in [6.45, 7) is 10.2. The van der Waals surface area contributed by atoms with Crippen molar-refractivity contribution in [2.45, 2.75) is 76.0 Å². The first-order chi connectivity index (χ1) is 33.2. The van der Waals surface area contributed by atoms with E-state index in [-0.39, 0.29) is 36.2 Å². The number of nitrogen functional groups attached to an aromatic ring is 1. The fourth-order valence-corrected chi connectivity index (χ4v) is 11.5. The number of benzene rings is 3. The Bertz CT molecular complexity index is 2670. The van der Waals surface area contributed by atoms with Crippen molar-refractivity contribution in [1.82, 2.24) is 49.6 Å². The van der Waals surface area contributed by atoms with E-state index in [1.54, 1.807) is 4.90 Å². The molecule has 8 heterocycles. The number of rotatable bonds is 9. The number of carbonyl (C=O) groups excluding carboxylic acids is 4. The number of ether oxygens (including phenoxy) is 1. The molecule has 5 fully saturated rings. The van der Waals surface area contributed by atoms with Gasteiger partial charge in [0.25, 0.3) is 5.91 Å². The number of nitrogens with zero attached hydrogens (tertiary/aromatic N) is 10. The Morgan fingerprint density at radius 3 is 2.25 bits per heavy atom. The summed E-state index contributed by atoms with van der Waals surface area (Å²) in [5, 5.41) is 8.34. The molecule has 6 aliphatic rings. The molecule has 354 valence electrons. The van der Waals surface area contributed by atoms with E-state index in [9.17, 15) is 19.2 Å². The number of likely N-dealkylation sites (tertiary alicyclic amines) is 3. The van der Waals surface area contributed by atoms with Crippen LogP contribution in [0.25, 0.3) is 22.3 Å². The summed E-state index contributed by atoms with van der Waals surface area (Å²) in [5.74, 6) is 1.71. The number of carbonyl (C=O) groups is 4. The van der Waals surface area contributed by atoms with Gasteiger partial charge in [-0.3, -0.25) is 29.5 Å². The number of anilines is 2. The maximum Gasteiger partial charge on any atom is 0.319 e.